The molecule has 0 heterocycles. The van der Waals surface area contributed by atoms with Gasteiger partial charge in [-0.2, -0.15) is 0 Å². The van der Waals surface area contributed by atoms with E-state index >= 15 is 0 Å². The third kappa shape index (κ3) is 6.98. The standard InChI is InChI=1S/C23H29F2N3O4S/c1-5-12-26-23(30)17(3)27(14-18-9-7-6-8-16(18)2)22(29)15-28(33(4,31)32)19-10-11-20(24)21(25)13-19/h6-11,13,17H,5,12,14-15H2,1-4H3,(H,26,30)/t17-/m1/s1. The first-order valence-electron chi connectivity index (χ1n) is 10.5. The summed E-state index contributed by atoms with van der Waals surface area (Å²) >= 11 is 0. The highest BCUT2D eigenvalue weighted by Gasteiger charge is 2.30. The lowest BCUT2D eigenvalue weighted by Gasteiger charge is -2.31. The van der Waals surface area contributed by atoms with Crippen LogP contribution in [0.25, 0.3) is 0 Å². The van der Waals surface area contributed by atoms with E-state index in [9.17, 15) is 26.8 Å². The molecule has 0 unspecified atom stereocenters. The summed E-state index contributed by atoms with van der Waals surface area (Å²) in [6.07, 6.45) is 1.58. The van der Waals surface area contributed by atoms with Gasteiger partial charge in [0.1, 0.15) is 12.6 Å². The number of amides is 2. The molecule has 10 heteroatoms. The molecule has 1 atom stereocenters. The second kappa shape index (κ2) is 11.2. The van der Waals surface area contributed by atoms with E-state index in [2.05, 4.69) is 5.32 Å². The van der Waals surface area contributed by atoms with Crippen LogP contribution in [0.2, 0.25) is 0 Å². The van der Waals surface area contributed by atoms with E-state index in [1.165, 1.54) is 4.90 Å². The zero-order valence-electron chi connectivity index (χ0n) is 19.1. The van der Waals surface area contributed by atoms with E-state index in [0.717, 1.165) is 29.5 Å². The molecule has 0 radical (unpaired) electrons. The van der Waals surface area contributed by atoms with Crippen molar-refractivity contribution in [1.29, 1.82) is 0 Å². The van der Waals surface area contributed by atoms with Crippen molar-refractivity contribution in [2.24, 2.45) is 0 Å². The van der Waals surface area contributed by atoms with Gasteiger partial charge >= 0.3 is 0 Å². The first-order valence-corrected chi connectivity index (χ1v) is 12.3. The normalized spacial score (nSPS) is 12.2. The number of benzene rings is 2. The van der Waals surface area contributed by atoms with Crippen LogP contribution < -0.4 is 9.62 Å². The van der Waals surface area contributed by atoms with Gasteiger partial charge in [0.25, 0.3) is 0 Å². The fourth-order valence-electron chi connectivity index (χ4n) is 3.20. The number of nitrogens with zero attached hydrogens (tertiary/aromatic N) is 2. The van der Waals surface area contributed by atoms with Crippen LogP contribution in [0.1, 0.15) is 31.4 Å². The number of nitrogens with one attached hydrogen (secondary N) is 1. The van der Waals surface area contributed by atoms with Crippen LogP contribution in [0, 0.1) is 18.6 Å². The summed E-state index contributed by atoms with van der Waals surface area (Å²) in [5.41, 5.74) is 1.50. The van der Waals surface area contributed by atoms with Crippen molar-refractivity contribution in [3.63, 3.8) is 0 Å². The predicted octanol–water partition coefficient (Wildman–Crippen LogP) is 2.98. The molecule has 0 aliphatic heterocycles. The highest BCUT2D eigenvalue weighted by molar-refractivity contribution is 7.92. The molecule has 180 valence electrons. The molecule has 2 amide bonds. The molecule has 1 N–H and O–H groups in total. The summed E-state index contributed by atoms with van der Waals surface area (Å²) in [6.45, 7) is 5.14. The van der Waals surface area contributed by atoms with Crippen molar-refractivity contribution in [3.05, 3.63) is 65.2 Å². The molecular weight excluding hydrogens is 452 g/mol. The van der Waals surface area contributed by atoms with Gasteiger partial charge in [-0.25, -0.2) is 17.2 Å². The first kappa shape index (κ1) is 26.2. The van der Waals surface area contributed by atoms with Crippen LogP contribution in [-0.4, -0.2) is 50.5 Å². The van der Waals surface area contributed by atoms with Crippen LogP contribution in [0.4, 0.5) is 14.5 Å². The third-order valence-electron chi connectivity index (χ3n) is 5.19. The molecule has 0 aliphatic rings. The monoisotopic (exact) mass is 481 g/mol. The number of sulfonamides is 1. The number of hydrogen-bond acceptors (Lipinski definition) is 4. The molecule has 0 aliphatic carbocycles. The van der Waals surface area contributed by atoms with Crippen molar-refractivity contribution in [3.8, 4) is 0 Å². The Morgan fingerprint density at radius 3 is 2.33 bits per heavy atom. The summed E-state index contributed by atoms with van der Waals surface area (Å²) in [6, 6.07) is 9.02. The molecule has 7 nitrogen and oxygen atoms in total. The van der Waals surface area contributed by atoms with Gasteiger partial charge in [-0.3, -0.25) is 13.9 Å². The van der Waals surface area contributed by atoms with Crippen molar-refractivity contribution in [2.45, 2.75) is 39.8 Å². The van der Waals surface area contributed by atoms with Crippen molar-refractivity contribution in [2.75, 3.05) is 23.7 Å². The van der Waals surface area contributed by atoms with Gasteiger partial charge in [0.15, 0.2) is 11.6 Å². The maximum absolute atomic E-state index is 13.8. The predicted molar refractivity (Wildman–Crippen MR) is 123 cm³/mol. The van der Waals surface area contributed by atoms with Crippen molar-refractivity contribution in [1.82, 2.24) is 10.2 Å². The number of aryl methyl sites for hydroxylation is 1. The Labute approximate surface area is 193 Å². The van der Waals surface area contributed by atoms with E-state index in [1.54, 1.807) is 13.0 Å². The molecular formula is C23H29F2N3O4S. The molecule has 0 saturated heterocycles. The summed E-state index contributed by atoms with van der Waals surface area (Å²) < 4.78 is 52.6. The lowest BCUT2D eigenvalue weighted by atomic mass is 10.1. The third-order valence-corrected chi connectivity index (χ3v) is 6.33. The number of anilines is 1. The summed E-state index contributed by atoms with van der Waals surface area (Å²) in [4.78, 5) is 27.2. The van der Waals surface area contributed by atoms with E-state index in [1.807, 2.05) is 32.0 Å². The number of halogens is 2. The van der Waals surface area contributed by atoms with Crippen LogP contribution in [0.3, 0.4) is 0 Å². The van der Waals surface area contributed by atoms with E-state index in [-0.39, 0.29) is 18.1 Å². The molecule has 33 heavy (non-hydrogen) atoms. The summed E-state index contributed by atoms with van der Waals surface area (Å²) in [5.74, 6) is -3.41. The number of rotatable bonds is 10. The number of carbonyl (C=O) groups excluding carboxylic acids is 2. The largest absolute Gasteiger partial charge is 0.354 e. The highest BCUT2D eigenvalue weighted by Crippen LogP contribution is 2.22. The Bertz CT molecular complexity index is 1110. The zero-order chi connectivity index (χ0) is 24.8. The Morgan fingerprint density at radius 2 is 1.76 bits per heavy atom. The van der Waals surface area contributed by atoms with Gasteiger partial charge in [0.2, 0.25) is 21.8 Å². The topological polar surface area (TPSA) is 86.8 Å². The number of carbonyl (C=O) groups is 2. The molecule has 0 bridgehead atoms. The molecule has 0 spiro atoms. The van der Waals surface area contributed by atoms with Crippen LogP contribution >= 0.6 is 0 Å². The van der Waals surface area contributed by atoms with Gasteiger partial charge < -0.3 is 10.2 Å². The minimum atomic E-state index is -4.02. The van der Waals surface area contributed by atoms with Gasteiger partial charge in [-0.15, -0.1) is 0 Å². The fourth-order valence-corrected chi connectivity index (χ4v) is 4.04. The summed E-state index contributed by atoms with van der Waals surface area (Å²) in [5, 5.41) is 2.74. The second-order valence-electron chi connectivity index (χ2n) is 7.78. The lowest BCUT2D eigenvalue weighted by Crippen LogP contribution is -2.51. The zero-order valence-corrected chi connectivity index (χ0v) is 20.0. The molecule has 0 saturated carbocycles. The average Bonchev–Trinajstić information content (AvgIpc) is 2.75. The summed E-state index contributed by atoms with van der Waals surface area (Å²) in [7, 11) is -4.02. The maximum Gasteiger partial charge on any atom is 0.244 e. The van der Waals surface area contributed by atoms with Gasteiger partial charge in [-0.1, -0.05) is 31.2 Å². The fraction of sp³-hybridized carbons (Fsp3) is 0.391. The minimum absolute atomic E-state index is 0.0710. The molecule has 2 aromatic rings. The highest BCUT2D eigenvalue weighted by atomic mass is 32.2. The maximum atomic E-state index is 13.8. The van der Waals surface area contributed by atoms with E-state index in [4.69, 9.17) is 0 Å². The average molecular weight is 482 g/mol. The molecule has 2 aromatic carbocycles. The lowest BCUT2D eigenvalue weighted by molar-refractivity contribution is -0.139. The van der Waals surface area contributed by atoms with Gasteiger partial charge in [0.05, 0.1) is 11.9 Å². The molecule has 0 fully saturated rings. The van der Waals surface area contributed by atoms with Gasteiger partial charge in [0, 0.05) is 19.2 Å². The van der Waals surface area contributed by atoms with Crippen LogP contribution in [-0.2, 0) is 26.2 Å². The SMILES string of the molecule is CCCNC(=O)[C@@H](C)N(Cc1ccccc1C)C(=O)CN(c1ccc(F)c(F)c1)S(C)(=O)=O. The quantitative estimate of drug-likeness (QED) is 0.565. The van der Waals surface area contributed by atoms with E-state index < -0.39 is 40.2 Å². The van der Waals surface area contributed by atoms with Crippen molar-refractivity contribution < 1.29 is 26.8 Å². The Morgan fingerprint density at radius 1 is 1.09 bits per heavy atom. The van der Waals surface area contributed by atoms with Crippen molar-refractivity contribution >= 4 is 27.5 Å². The second-order valence-corrected chi connectivity index (χ2v) is 9.69. The van der Waals surface area contributed by atoms with Gasteiger partial charge in [-0.05, 0) is 43.5 Å². The Hall–Kier alpha value is -3.01. The first-order chi connectivity index (χ1) is 15.5. The Kier molecular flexibility index (Phi) is 8.92. The van der Waals surface area contributed by atoms with Crippen LogP contribution in [0.15, 0.2) is 42.5 Å². The minimum Gasteiger partial charge on any atom is -0.354 e. The molecule has 2 rings (SSSR count). The smallest absolute Gasteiger partial charge is 0.244 e. The van der Waals surface area contributed by atoms with E-state index in [0.29, 0.717) is 23.3 Å². The number of hydrogen-bond donors (Lipinski definition) is 1. The Balaban J connectivity index is 2.40. The molecule has 0 aromatic heterocycles. The van der Waals surface area contributed by atoms with Crippen LogP contribution in [0.5, 0.6) is 0 Å².